The Morgan fingerprint density at radius 3 is 2.63 bits per heavy atom. The van der Waals surface area contributed by atoms with E-state index in [4.69, 9.17) is 0 Å². The fraction of sp³-hybridized carbons (Fsp3) is 0.562. The molecule has 2 aliphatic rings. The molecule has 1 aliphatic heterocycles. The summed E-state index contributed by atoms with van der Waals surface area (Å²) in [6, 6.07) is 4.19. The minimum absolute atomic E-state index is 0.0129. The fourth-order valence-corrected chi connectivity index (χ4v) is 3.51. The summed E-state index contributed by atoms with van der Waals surface area (Å²) in [5.74, 6) is 1.71. The third-order valence-electron chi connectivity index (χ3n) is 4.73. The van der Waals surface area contributed by atoms with E-state index in [0.29, 0.717) is 0 Å². The molecule has 100 valence electrons. The highest BCUT2D eigenvalue weighted by Crippen LogP contribution is 2.48. The van der Waals surface area contributed by atoms with Gasteiger partial charge in [0.2, 0.25) is 0 Å². The summed E-state index contributed by atoms with van der Waals surface area (Å²) in [6.07, 6.45) is 2.28. The van der Waals surface area contributed by atoms with E-state index in [1.54, 1.807) is 0 Å². The molecule has 2 atom stereocenters. The lowest BCUT2D eigenvalue weighted by molar-refractivity contribution is 0.281. The van der Waals surface area contributed by atoms with Gasteiger partial charge in [-0.15, -0.1) is 0 Å². The van der Waals surface area contributed by atoms with Gasteiger partial charge in [0.05, 0.1) is 17.9 Å². The van der Waals surface area contributed by atoms with Gasteiger partial charge in [0.1, 0.15) is 6.07 Å². The molecule has 1 saturated carbocycles. The minimum Gasteiger partial charge on any atom is -0.392 e. The molecule has 0 amide bonds. The van der Waals surface area contributed by atoms with Crippen molar-refractivity contribution in [2.75, 3.05) is 18.0 Å². The number of aliphatic hydroxyl groups excluding tert-OH is 1. The van der Waals surface area contributed by atoms with E-state index in [1.807, 2.05) is 6.07 Å². The highest BCUT2D eigenvalue weighted by atomic mass is 16.3. The number of fused-ring (bicyclic) bond motifs is 1. The van der Waals surface area contributed by atoms with Crippen molar-refractivity contribution in [2.45, 2.75) is 33.3 Å². The van der Waals surface area contributed by atoms with Gasteiger partial charge in [0.15, 0.2) is 0 Å². The van der Waals surface area contributed by atoms with Crippen LogP contribution in [0, 0.1) is 30.1 Å². The second kappa shape index (κ2) is 4.54. The molecule has 1 aromatic carbocycles. The third-order valence-corrected chi connectivity index (χ3v) is 4.73. The lowest BCUT2D eigenvalue weighted by atomic mass is 9.94. The molecule has 3 rings (SSSR count). The topological polar surface area (TPSA) is 47.3 Å². The summed E-state index contributed by atoms with van der Waals surface area (Å²) >= 11 is 0. The van der Waals surface area contributed by atoms with Gasteiger partial charge in [-0.3, -0.25) is 0 Å². The number of hydrogen-bond acceptors (Lipinski definition) is 3. The zero-order valence-electron chi connectivity index (χ0n) is 11.6. The molecule has 2 fully saturated rings. The van der Waals surface area contributed by atoms with Crippen molar-refractivity contribution in [3.05, 3.63) is 28.3 Å². The first kappa shape index (κ1) is 12.5. The van der Waals surface area contributed by atoms with Crippen LogP contribution in [0.1, 0.15) is 35.6 Å². The number of aliphatic hydroxyl groups is 1. The van der Waals surface area contributed by atoms with Crippen LogP contribution in [-0.2, 0) is 13.0 Å². The molecule has 1 N–H and O–H groups in total. The van der Waals surface area contributed by atoms with Gasteiger partial charge in [-0.2, -0.15) is 5.26 Å². The molecule has 2 unspecified atom stereocenters. The Morgan fingerprint density at radius 1 is 1.42 bits per heavy atom. The van der Waals surface area contributed by atoms with Crippen LogP contribution in [0.2, 0.25) is 0 Å². The average Bonchev–Trinajstić information content (AvgIpc) is 3.04. The molecular weight excluding hydrogens is 236 g/mol. The molecule has 1 aliphatic carbocycles. The van der Waals surface area contributed by atoms with Gasteiger partial charge in [-0.05, 0) is 54.4 Å². The van der Waals surface area contributed by atoms with E-state index in [2.05, 4.69) is 24.8 Å². The lowest BCUT2D eigenvalue weighted by Gasteiger charge is -2.26. The predicted molar refractivity (Wildman–Crippen MR) is 75.0 cm³/mol. The first-order valence-corrected chi connectivity index (χ1v) is 7.10. The fourth-order valence-electron chi connectivity index (χ4n) is 3.51. The monoisotopic (exact) mass is 256 g/mol. The molecule has 0 bridgehead atoms. The predicted octanol–water partition coefficient (Wildman–Crippen LogP) is 2.38. The Kier molecular flexibility index (Phi) is 2.99. The van der Waals surface area contributed by atoms with E-state index in [1.165, 1.54) is 12.0 Å². The Hall–Kier alpha value is -1.53. The van der Waals surface area contributed by atoms with E-state index in [0.717, 1.165) is 53.7 Å². The van der Waals surface area contributed by atoms with Crippen molar-refractivity contribution in [3.8, 4) is 6.07 Å². The summed E-state index contributed by atoms with van der Waals surface area (Å²) in [7, 11) is 0. The molecule has 1 aromatic rings. The van der Waals surface area contributed by atoms with Gasteiger partial charge in [0, 0.05) is 13.1 Å². The highest BCUT2D eigenvalue weighted by Gasteiger charge is 2.45. The molecular formula is C16H20N2O. The van der Waals surface area contributed by atoms with Gasteiger partial charge >= 0.3 is 0 Å². The molecule has 1 heterocycles. The summed E-state index contributed by atoms with van der Waals surface area (Å²) in [6.45, 7) is 6.41. The summed E-state index contributed by atoms with van der Waals surface area (Å²) in [5.41, 5.74) is 5.14. The van der Waals surface area contributed by atoms with Crippen molar-refractivity contribution in [3.63, 3.8) is 0 Å². The van der Waals surface area contributed by atoms with Crippen LogP contribution in [0.4, 0.5) is 5.69 Å². The normalized spacial score (nSPS) is 24.2. The first-order chi connectivity index (χ1) is 9.19. The zero-order chi connectivity index (χ0) is 13.6. The van der Waals surface area contributed by atoms with Crippen molar-refractivity contribution in [2.24, 2.45) is 11.8 Å². The number of anilines is 1. The van der Waals surface area contributed by atoms with Crippen molar-refractivity contribution in [1.82, 2.24) is 0 Å². The SMILES string of the molecule is CCc1c(C)c(CO)cc(C#N)c1N1CC2CC2C1. The van der Waals surface area contributed by atoms with Gasteiger partial charge in [-0.25, -0.2) is 0 Å². The first-order valence-electron chi connectivity index (χ1n) is 7.10. The molecule has 0 radical (unpaired) electrons. The third kappa shape index (κ3) is 1.91. The van der Waals surface area contributed by atoms with Crippen LogP contribution >= 0.6 is 0 Å². The van der Waals surface area contributed by atoms with E-state index < -0.39 is 0 Å². The van der Waals surface area contributed by atoms with E-state index in [9.17, 15) is 10.4 Å². The van der Waals surface area contributed by atoms with E-state index >= 15 is 0 Å². The smallest absolute Gasteiger partial charge is 0.101 e. The van der Waals surface area contributed by atoms with Crippen LogP contribution in [0.15, 0.2) is 6.07 Å². The highest BCUT2D eigenvalue weighted by molar-refractivity contribution is 5.69. The van der Waals surface area contributed by atoms with Crippen LogP contribution in [0.5, 0.6) is 0 Å². The Bertz CT molecular complexity index is 549. The van der Waals surface area contributed by atoms with Crippen molar-refractivity contribution in [1.29, 1.82) is 5.26 Å². The van der Waals surface area contributed by atoms with Crippen molar-refractivity contribution >= 4 is 5.69 Å². The molecule has 0 aromatic heterocycles. The standard InChI is InChI=1S/C16H20N2O/c1-3-15-10(2)14(9-19)4-11(6-17)16(15)18-7-12-5-13(12)8-18/h4,12-13,19H,3,5,7-9H2,1-2H3. The quantitative estimate of drug-likeness (QED) is 0.903. The summed E-state index contributed by atoms with van der Waals surface area (Å²) in [5, 5.41) is 18.9. The Morgan fingerprint density at radius 2 is 2.11 bits per heavy atom. The molecule has 3 heteroatoms. The molecule has 1 saturated heterocycles. The van der Waals surface area contributed by atoms with Gasteiger partial charge in [-0.1, -0.05) is 6.92 Å². The van der Waals surface area contributed by atoms with Crippen molar-refractivity contribution < 1.29 is 5.11 Å². The zero-order valence-corrected chi connectivity index (χ0v) is 11.6. The summed E-state index contributed by atoms with van der Waals surface area (Å²) < 4.78 is 0. The Balaban J connectivity index is 2.10. The maximum atomic E-state index is 9.44. The lowest BCUT2D eigenvalue weighted by Crippen LogP contribution is -2.25. The number of nitriles is 1. The van der Waals surface area contributed by atoms with Crippen LogP contribution in [0.25, 0.3) is 0 Å². The minimum atomic E-state index is 0.0129. The van der Waals surface area contributed by atoms with Crippen LogP contribution in [-0.4, -0.2) is 18.2 Å². The van der Waals surface area contributed by atoms with Gasteiger partial charge in [0.25, 0.3) is 0 Å². The maximum absolute atomic E-state index is 9.44. The number of rotatable bonds is 3. The number of piperidine rings is 1. The largest absolute Gasteiger partial charge is 0.392 e. The van der Waals surface area contributed by atoms with Crippen LogP contribution in [0.3, 0.4) is 0 Å². The number of hydrogen-bond donors (Lipinski definition) is 1. The Labute approximate surface area is 114 Å². The van der Waals surface area contributed by atoms with E-state index in [-0.39, 0.29) is 6.61 Å². The second-order valence-electron chi connectivity index (χ2n) is 5.82. The summed E-state index contributed by atoms with van der Waals surface area (Å²) in [4.78, 5) is 2.39. The molecule has 3 nitrogen and oxygen atoms in total. The number of benzene rings is 1. The number of nitrogens with zero attached hydrogens (tertiary/aromatic N) is 2. The average molecular weight is 256 g/mol. The van der Waals surface area contributed by atoms with Crippen LogP contribution < -0.4 is 4.90 Å². The second-order valence-corrected chi connectivity index (χ2v) is 5.82. The maximum Gasteiger partial charge on any atom is 0.101 e. The molecule has 19 heavy (non-hydrogen) atoms. The molecule has 0 spiro atoms. The van der Waals surface area contributed by atoms with Gasteiger partial charge < -0.3 is 10.0 Å².